The molecule has 19 rings (SSSR count). The molecule has 2 aromatic heterocycles. The summed E-state index contributed by atoms with van der Waals surface area (Å²) in [6.45, 7) is 26.1. The number of aromatic nitrogens is 2. The van der Waals surface area contributed by atoms with E-state index in [1.54, 1.807) is 0 Å². The lowest BCUT2D eigenvalue weighted by Crippen LogP contribution is -2.61. The van der Waals surface area contributed by atoms with Crippen LogP contribution in [0.5, 0.6) is 0 Å². The van der Waals surface area contributed by atoms with Gasteiger partial charge in [0.15, 0.2) is 0 Å². The highest BCUT2D eigenvalue weighted by Gasteiger charge is 2.46. The third-order valence-electron chi connectivity index (χ3n) is 23.6. The van der Waals surface area contributed by atoms with E-state index in [1.807, 2.05) is 0 Å². The van der Waals surface area contributed by atoms with Crippen LogP contribution in [-0.2, 0) is 27.1 Å². The molecule has 0 saturated carbocycles. The van der Waals surface area contributed by atoms with Gasteiger partial charge in [0, 0.05) is 61.4 Å². The predicted molar refractivity (Wildman–Crippen MR) is 431 cm³/mol. The fourth-order valence-corrected chi connectivity index (χ4v) is 19.3. The summed E-state index contributed by atoms with van der Waals surface area (Å²) < 4.78 is 5.04. The highest BCUT2D eigenvalue weighted by atomic mass is 15.2. The molecule has 4 aliphatic rings. The number of hydrogen-bond donors (Lipinski definition) is 0. The van der Waals surface area contributed by atoms with E-state index in [1.165, 1.54) is 138 Å². The molecule has 0 amide bonds. The molecule has 5 heteroatoms. The first-order chi connectivity index (χ1) is 48.7. The summed E-state index contributed by atoms with van der Waals surface area (Å²) in [5, 5.41) is 4.92. The maximum atomic E-state index is 2.63. The number of anilines is 6. The third-order valence-corrected chi connectivity index (χ3v) is 23.6. The second kappa shape index (κ2) is 21.8. The van der Waals surface area contributed by atoms with Crippen molar-refractivity contribution in [2.45, 2.75) is 116 Å². The van der Waals surface area contributed by atoms with E-state index in [0.717, 1.165) is 52.7 Å². The van der Waals surface area contributed by atoms with Gasteiger partial charge >= 0.3 is 0 Å². The summed E-state index contributed by atoms with van der Waals surface area (Å²) in [7, 11) is 0. The Labute approximate surface area is 594 Å². The standard InChI is InChI=1S/C96H83BN4/c1-92(2,3)68-25-21-24-63(50-68)67-39-49-87-82(54-67)97-81-47-44-71(100-85-31-20-17-28-75(85)76-51-64(38-48-86(76)100)60-22-13-12-14-23-60)55-88(81)99(70-42-34-62(35-43-70)66-37-46-78-80(53-66)96(10,11)59-94(78,6)7)90-57-72(101-83-29-18-15-26-73(83)74-27-16-19-30-84(74)101)56-89(91(90)97)98(87)69-40-32-61(33-41-69)65-36-45-77-79(52-65)95(8,9)58-93(77,4)5/h12-57H,58-59H2,1-11H3. The van der Waals surface area contributed by atoms with Crippen molar-refractivity contribution in [2.24, 2.45) is 0 Å². The zero-order valence-electron chi connectivity index (χ0n) is 59.8. The number of hydrogen-bond acceptors (Lipinski definition) is 2. The fourth-order valence-electron chi connectivity index (χ4n) is 19.3. The van der Waals surface area contributed by atoms with E-state index in [0.29, 0.717) is 0 Å². The number of benzene rings is 13. The van der Waals surface area contributed by atoms with Crippen molar-refractivity contribution in [2.75, 3.05) is 9.80 Å². The normalized spacial score (nSPS) is 15.9. The predicted octanol–water partition coefficient (Wildman–Crippen LogP) is 23.8. The van der Waals surface area contributed by atoms with Gasteiger partial charge in [-0.05, 0) is 214 Å². The van der Waals surface area contributed by atoms with Gasteiger partial charge in [0.05, 0.1) is 27.8 Å². The molecular formula is C96H83BN4. The second-order valence-corrected chi connectivity index (χ2v) is 33.2. The van der Waals surface area contributed by atoms with Crippen LogP contribution in [0.1, 0.15) is 117 Å². The van der Waals surface area contributed by atoms with E-state index < -0.39 is 0 Å². The molecule has 0 spiro atoms. The Morgan fingerprint density at radius 3 is 1.25 bits per heavy atom. The van der Waals surface area contributed by atoms with E-state index in [4.69, 9.17) is 0 Å². The Hall–Kier alpha value is -10.9. The Balaban J connectivity index is 0.887. The largest absolute Gasteiger partial charge is 0.311 e. The van der Waals surface area contributed by atoms with E-state index in [9.17, 15) is 0 Å². The zero-order valence-corrected chi connectivity index (χ0v) is 59.8. The molecular weight excluding hydrogens is 1220 g/mol. The Kier molecular flexibility index (Phi) is 13.2. The SMILES string of the molecule is CC(C)(C)c1cccc(-c2ccc3c(c2)B2c4ccc(-n5c6ccccc6c6cc(-c7ccccc7)ccc65)cc4N(c4ccc(-c5ccc6c(c5)C(C)(C)CC6(C)C)cc4)c4cc(-n5c6ccccc6c6ccccc65)cc(c42)N3c2ccc(-c3ccc4c(c3)C(C)(C)CC4(C)C)cc2)c1. The van der Waals surface area contributed by atoms with Crippen LogP contribution in [0.25, 0.3) is 99.5 Å². The van der Waals surface area contributed by atoms with Gasteiger partial charge in [-0.3, -0.25) is 0 Å². The van der Waals surface area contributed by atoms with Crippen molar-refractivity contribution in [3.63, 3.8) is 0 Å². The molecule has 4 nitrogen and oxygen atoms in total. The average molecular weight is 1300 g/mol. The quantitative estimate of drug-likeness (QED) is 0.141. The van der Waals surface area contributed by atoms with Gasteiger partial charge in [-0.15, -0.1) is 0 Å². The van der Waals surface area contributed by atoms with Crippen LogP contribution in [0.4, 0.5) is 34.1 Å². The van der Waals surface area contributed by atoms with Crippen LogP contribution >= 0.6 is 0 Å². The smallest absolute Gasteiger partial charge is 0.252 e. The summed E-state index contributed by atoms with van der Waals surface area (Å²) in [4.78, 5) is 5.24. The highest BCUT2D eigenvalue weighted by Crippen LogP contribution is 2.54. The van der Waals surface area contributed by atoms with Crippen LogP contribution in [0, 0.1) is 0 Å². The monoisotopic (exact) mass is 1300 g/mol. The first-order valence-electron chi connectivity index (χ1n) is 36.4. The van der Waals surface area contributed by atoms with Crippen molar-refractivity contribution in [1.82, 2.24) is 9.13 Å². The minimum absolute atomic E-state index is 0.0286. The van der Waals surface area contributed by atoms with Gasteiger partial charge in [0.2, 0.25) is 0 Å². The van der Waals surface area contributed by atoms with Gasteiger partial charge < -0.3 is 18.9 Å². The summed E-state index contributed by atoms with van der Waals surface area (Å²) in [5.74, 6) is 0. The lowest BCUT2D eigenvalue weighted by molar-refractivity contribution is 0.402. The minimum atomic E-state index is -0.173. The highest BCUT2D eigenvalue weighted by molar-refractivity contribution is 7.00. The van der Waals surface area contributed by atoms with Crippen molar-refractivity contribution in [3.8, 4) is 55.9 Å². The first kappa shape index (κ1) is 61.2. The molecule has 101 heavy (non-hydrogen) atoms. The van der Waals surface area contributed by atoms with Crippen LogP contribution < -0.4 is 26.2 Å². The van der Waals surface area contributed by atoms with Gasteiger partial charge in [0.25, 0.3) is 6.71 Å². The lowest BCUT2D eigenvalue weighted by Gasteiger charge is -2.44. The topological polar surface area (TPSA) is 16.3 Å². The van der Waals surface area contributed by atoms with E-state index in [-0.39, 0.29) is 33.8 Å². The number of rotatable bonds is 8. The molecule has 0 radical (unpaired) electrons. The van der Waals surface area contributed by atoms with Gasteiger partial charge in [-0.1, -0.05) is 270 Å². The molecule has 0 fully saturated rings. The second-order valence-electron chi connectivity index (χ2n) is 33.2. The summed E-state index contributed by atoms with van der Waals surface area (Å²) >= 11 is 0. The first-order valence-corrected chi connectivity index (χ1v) is 36.4. The lowest BCUT2D eigenvalue weighted by atomic mass is 9.33. The number of nitrogens with zero attached hydrogens (tertiary/aromatic N) is 4. The van der Waals surface area contributed by atoms with Crippen molar-refractivity contribution >= 4 is 101 Å². The van der Waals surface area contributed by atoms with Gasteiger partial charge in [0.1, 0.15) is 0 Å². The molecule has 0 atom stereocenters. The van der Waals surface area contributed by atoms with Crippen LogP contribution in [-0.4, -0.2) is 15.8 Å². The van der Waals surface area contributed by atoms with Crippen molar-refractivity contribution in [3.05, 3.63) is 307 Å². The van der Waals surface area contributed by atoms with Gasteiger partial charge in [-0.2, -0.15) is 0 Å². The third kappa shape index (κ3) is 9.48. The molecule has 15 aromatic rings. The molecule has 490 valence electrons. The Morgan fingerprint density at radius 2 is 0.683 bits per heavy atom. The fraction of sp³-hybridized carbons (Fsp3) is 0.188. The molecule has 0 saturated heterocycles. The maximum Gasteiger partial charge on any atom is 0.252 e. The molecule has 2 aliphatic carbocycles. The van der Waals surface area contributed by atoms with Crippen LogP contribution in [0.15, 0.2) is 279 Å². The van der Waals surface area contributed by atoms with Crippen molar-refractivity contribution < 1.29 is 0 Å². The average Bonchev–Trinajstić information content (AvgIpc) is 1.56. The minimum Gasteiger partial charge on any atom is -0.311 e. The molecule has 13 aromatic carbocycles. The molecule has 0 N–H and O–H groups in total. The maximum absolute atomic E-state index is 2.63. The number of fused-ring (bicyclic) bond motifs is 12. The number of para-hydroxylation sites is 3. The molecule has 4 heterocycles. The molecule has 0 unspecified atom stereocenters. The van der Waals surface area contributed by atoms with E-state index in [2.05, 4.69) is 374 Å². The zero-order chi connectivity index (χ0) is 68.8. The van der Waals surface area contributed by atoms with Gasteiger partial charge in [-0.25, -0.2) is 0 Å². The summed E-state index contributed by atoms with van der Waals surface area (Å²) in [5.41, 5.74) is 34.9. The van der Waals surface area contributed by atoms with Crippen LogP contribution in [0.2, 0.25) is 0 Å². The van der Waals surface area contributed by atoms with Crippen molar-refractivity contribution in [1.29, 1.82) is 0 Å². The Bertz CT molecular complexity index is 5890. The summed E-state index contributed by atoms with van der Waals surface area (Å²) in [6.07, 6.45) is 2.26. The summed E-state index contributed by atoms with van der Waals surface area (Å²) in [6, 6.07) is 107. The Morgan fingerprint density at radius 1 is 0.277 bits per heavy atom. The molecule has 0 bridgehead atoms. The van der Waals surface area contributed by atoms with Crippen LogP contribution in [0.3, 0.4) is 0 Å². The molecule has 2 aliphatic heterocycles. The van der Waals surface area contributed by atoms with E-state index >= 15 is 0 Å².